The number of sulfone groups is 1. The van der Waals surface area contributed by atoms with Crippen LogP contribution in [0.2, 0.25) is 0 Å². The van der Waals surface area contributed by atoms with Crippen molar-refractivity contribution >= 4 is 27.4 Å². The van der Waals surface area contributed by atoms with Crippen molar-refractivity contribution in [1.29, 1.82) is 0 Å². The SMILES string of the molecule is COC1(C(=O)Nc2cc(C(=O)O)cc(S(C)(=O)=O)c2)CCCCC1. The van der Waals surface area contributed by atoms with Crippen LogP contribution < -0.4 is 5.32 Å². The Balaban J connectivity index is 2.36. The van der Waals surface area contributed by atoms with Crippen molar-refractivity contribution < 1.29 is 27.9 Å². The molecule has 2 N–H and O–H groups in total. The fraction of sp³-hybridized carbons (Fsp3) is 0.500. The first-order valence-electron chi connectivity index (χ1n) is 7.63. The van der Waals surface area contributed by atoms with Crippen molar-refractivity contribution in [2.75, 3.05) is 18.7 Å². The Morgan fingerprint density at radius 2 is 1.79 bits per heavy atom. The molecule has 0 unspecified atom stereocenters. The number of amides is 1. The molecule has 1 aromatic rings. The van der Waals surface area contributed by atoms with E-state index in [-0.39, 0.29) is 22.1 Å². The molecule has 0 spiro atoms. The number of carboxylic acid groups (broad SMARTS) is 1. The van der Waals surface area contributed by atoms with E-state index in [1.807, 2.05) is 0 Å². The summed E-state index contributed by atoms with van der Waals surface area (Å²) in [5.41, 5.74) is -1.03. The maximum absolute atomic E-state index is 12.6. The normalized spacial score (nSPS) is 17.2. The van der Waals surface area contributed by atoms with E-state index in [1.54, 1.807) is 0 Å². The molecule has 1 saturated carbocycles. The third-order valence-corrected chi connectivity index (χ3v) is 5.40. The molecule has 1 amide bonds. The predicted octanol–water partition coefficient (Wildman–Crippen LogP) is 2.08. The van der Waals surface area contributed by atoms with Gasteiger partial charge in [0.15, 0.2) is 9.84 Å². The molecule has 1 aromatic carbocycles. The van der Waals surface area contributed by atoms with E-state index in [2.05, 4.69) is 5.32 Å². The number of carbonyl (C=O) groups excluding carboxylic acids is 1. The fourth-order valence-electron chi connectivity index (χ4n) is 2.90. The molecule has 1 aliphatic carbocycles. The molecule has 0 heterocycles. The Labute approximate surface area is 140 Å². The highest BCUT2D eigenvalue weighted by molar-refractivity contribution is 7.90. The van der Waals surface area contributed by atoms with E-state index >= 15 is 0 Å². The summed E-state index contributed by atoms with van der Waals surface area (Å²) >= 11 is 0. The van der Waals surface area contributed by atoms with Gasteiger partial charge in [0.2, 0.25) is 0 Å². The highest BCUT2D eigenvalue weighted by atomic mass is 32.2. The molecule has 1 aliphatic rings. The van der Waals surface area contributed by atoms with Gasteiger partial charge in [-0.15, -0.1) is 0 Å². The Bertz CT molecular complexity index is 750. The molecule has 0 radical (unpaired) electrons. The van der Waals surface area contributed by atoms with Gasteiger partial charge in [-0.25, -0.2) is 13.2 Å². The molecule has 1 fully saturated rings. The Hall–Kier alpha value is -1.93. The first-order valence-corrected chi connectivity index (χ1v) is 9.52. The summed E-state index contributed by atoms with van der Waals surface area (Å²) in [5, 5.41) is 11.8. The minimum Gasteiger partial charge on any atom is -0.478 e. The first-order chi connectivity index (χ1) is 11.2. The quantitative estimate of drug-likeness (QED) is 0.837. The van der Waals surface area contributed by atoms with E-state index in [0.29, 0.717) is 12.8 Å². The zero-order valence-corrected chi connectivity index (χ0v) is 14.5. The van der Waals surface area contributed by atoms with Crippen LogP contribution in [-0.4, -0.2) is 44.4 Å². The number of hydrogen-bond acceptors (Lipinski definition) is 5. The molecular weight excluding hydrogens is 334 g/mol. The number of carboxylic acids is 1. The monoisotopic (exact) mass is 355 g/mol. The molecule has 8 heteroatoms. The van der Waals surface area contributed by atoms with Gasteiger partial charge in [0.1, 0.15) is 5.60 Å². The van der Waals surface area contributed by atoms with Crippen LogP contribution in [-0.2, 0) is 19.4 Å². The molecule has 7 nitrogen and oxygen atoms in total. The van der Waals surface area contributed by atoms with Gasteiger partial charge in [0.05, 0.1) is 10.5 Å². The second-order valence-electron chi connectivity index (χ2n) is 6.04. The minimum absolute atomic E-state index is 0.127. The summed E-state index contributed by atoms with van der Waals surface area (Å²) in [6.07, 6.45) is 4.90. The van der Waals surface area contributed by atoms with Crippen LogP contribution in [0.25, 0.3) is 0 Å². The standard InChI is InChI=1S/C16H21NO6S/c1-23-16(6-4-3-5-7-16)15(20)17-12-8-11(14(18)19)9-13(10-12)24(2,21)22/h8-10H,3-7H2,1-2H3,(H,17,20)(H,18,19). The molecule has 2 rings (SSSR count). The lowest BCUT2D eigenvalue weighted by Crippen LogP contribution is -2.46. The Kier molecular flexibility index (Phi) is 5.29. The van der Waals surface area contributed by atoms with E-state index in [4.69, 9.17) is 9.84 Å². The van der Waals surface area contributed by atoms with Gasteiger partial charge >= 0.3 is 5.97 Å². The average Bonchev–Trinajstić information content (AvgIpc) is 2.54. The zero-order valence-electron chi connectivity index (χ0n) is 13.7. The summed E-state index contributed by atoms with van der Waals surface area (Å²) < 4.78 is 28.9. The third kappa shape index (κ3) is 3.93. The lowest BCUT2D eigenvalue weighted by atomic mass is 9.84. The van der Waals surface area contributed by atoms with Crippen molar-refractivity contribution in [3.8, 4) is 0 Å². The van der Waals surface area contributed by atoms with Gasteiger partial charge < -0.3 is 15.2 Å². The maximum atomic E-state index is 12.6. The van der Waals surface area contributed by atoms with Crippen LogP contribution in [0.3, 0.4) is 0 Å². The van der Waals surface area contributed by atoms with Gasteiger partial charge in [-0.2, -0.15) is 0 Å². The molecule has 0 saturated heterocycles. The first kappa shape index (κ1) is 18.4. The largest absolute Gasteiger partial charge is 0.478 e. The number of ether oxygens (including phenoxy) is 1. The van der Waals surface area contributed by atoms with Crippen LogP contribution in [0.4, 0.5) is 5.69 Å². The summed E-state index contributed by atoms with van der Waals surface area (Å²) in [6, 6.07) is 3.56. The Morgan fingerprint density at radius 1 is 1.17 bits per heavy atom. The van der Waals surface area contributed by atoms with E-state index in [1.165, 1.54) is 19.2 Å². The van der Waals surface area contributed by atoms with Gasteiger partial charge in [0.25, 0.3) is 5.91 Å². The van der Waals surface area contributed by atoms with E-state index < -0.39 is 21.4 Å². The highest BCUT2D eigenvalue weighted by Crippen LogP contribution is 2.32. The van der Waals surface area contributed by atoms with E-state index in [9.17, 15) is 18.0 Å². The van der Waals surface area contributed by atoms with Crippen molar-refractivity contribution in [1.82, 2.24) is 0 Å². The van der Waals surface area contributed by atoms with Crippen molar-refractivity contribution in [2.24, 2.45) is 0 Å². The molecule has 132 valence electrons. The third-order valence-electron chi connectivity index (χ3n) is 4.31. The van der Waals surface area contributed by atoms with Crippen LogP contribution >= 0.6 is 0 Å². The minimum atomic E-state index is -3.61. The van der Waals surface area contributed by atoms with Gasteiger partial charge in [-0.1, -0.05) is 19.3 Å². The summed E-state index contributed by atoms with van der Waals surface area (Å²) in [6.45, 7) is 0. The van der Waals surface area contributed by atoms with Crippen LogP contribution in [0, 0.1) is 0 Å². The van der Waals surface area contributed by atoms with Gasteiger partial charge in [0, 0.05) is 19.1 Å². The van der Waals surface area contributed by atoms with Crippen molar-refractivity contribution in [2.45, 2.75) is 42.6 Å². The van der Waals surface area contributed by atoms with Crippen molar-refractivity contribution in [3.63, 3.8) is 0 Å². The average molecular weight is 355 g/mol. The molecule has 0 bridgehead atoms. The van der Waals surface area contributed by atoms with Gasteiger partial charge in [-0.3, -0.25) is 4.79 Å². The number of nitrogens with one attached hydrogen (secondary N) is 1. The van der Waals surface area contributed by atoms with Crippen LogP contribution in [0.5, 0.6) is 0 Å². The van der Waals surface area contributed by atoms with Crippen LogP contribution in [0.1, 0.15) is 42.5 Å². The van der Waals surface area contributed by atoms with E-state index in [0.717, 1.165) is 31.6 Å². The summed E-state index contributed by atoms with van der Waals surface area (Å²) in [7, 11) is -2.14. The number of anilines is 1. The maximum Gasteiger partial charge on any atom is 0.335 e. The zero-order chi connectivity index (χ0) is 18.0. The highest BCUT2D eigenvalue weighted by Gasteiger charge is 2.39. The fourth-order valence-corrected chi connectivity index (χ4v) is 3.58. The van der Waals surface area contributed by atoms with Crippen molar-refractivity contribution in [3.05, 3.63) is 23.8 Å². The number of hydrogen-bond donors (Lipinski definition) is 2. The number of benzene rings is 1. The van der Waals surface area contributed by atoms with Gasteiger partial charge in [-0.05, 0) is 31.0 Å². The lowest BCUT2D eigenvalue weighted by molar-refractivity contribution is -0.141. The summed E-state index contributed by atoms with van der Waals surface area (Å²) in [5.74, 6) is -1.65. The smallest absolute Gasteiger partial charge is 0.335 e. The molecule has 0 aliphatic heterocycles. The number of carbonyl (C=O) groups is 2. The molecule has 0 atom stereocenters. The second kappa shape index (κ2) is 6.90. The predicted molar refractivity (Wildman–Crippen MR) is 88.0 cm³/mol. The molecular formula is C16H21NO6S. The number of rotatable bonds is 5. The molecule has 0 aromatic heterocycles. The lowest BCUT2D eigenvalue weighted by Gasteiger charge is -2.34. The number of aromatic carboxylic acids is 1. The Morgan fingerprint density at radius 3 is 2.29 bits per heavy atom. The molecule has 24 heavy (non-hydrogen) atoms. The van der Waals surface area contributed by atoms with Crippen LogP contribution in [0.15, 0.2) is 23.1 Å². The number of methoxy groups -OCH3 is 1. The topological polar surface area (TPSA) is 110 Å². The second-order valence-corrected chi connectivity index (χ2v) is 8.05. The summed E-state index contributed by atoms with van der Waals surface area (Å²) in [4.78, 5) is 23.7.